The number of amides is 2. The lowest BCUT2D eigenvalue weighted by molar-refractivity contribution is -0.140. The number of sulfonamides is 1. The second kappa shape index (κ2) is 15.4. The third-order valence-electron chi connectivity index (χ3n) is 7.07. The first kappa shape index (κ1) is 34.0. The van der Waals surface area contributed by atoms with Crippen molar-refractivity contribution in [3.05, 3.63) is 130 Å². The van der Waals surface area contributed by atoms with Crippen molar-refractivity contribution in [3.63, 3.8) is 0 Å². The molecule has 0 heterocycles. The first-order chi connectivity index (χ1) is 21.5. The van der Waals surface area contributed by atoms with E-state index in [1.165, 1.54) is 29.2 Å². The fourth-order valence-corrected chi connectivity index (χ4v) is 6.64. The largest absolute Gasteiger partial charge is 0.354 e. The Labute approximate surface area is 273 Å². The monoisotopic (exact) mass is 669 g/mol. The van der Waals surface area contributed by atoms with Gasteiger partial charge in [-0.05, 0) is 60.0 Å². The molecule has 0 aromatic heterocycles. The zero-order valence-corrected chi connectivity index (χ0v) is 27.2. The number of hydrogen-bond acceptors (Lipinski definition) is 4. The standard InChI is InChI=1S/C34H34Cl2FN3O4S/c1-24(2)21-38-34(42)32(20-25-10-5-3-6-11-25)39(22-29-30(35)14-9-15-31(29)36)33(41)23-40(27-18-16-26(37)17-19-27)45(43,44)28-12-7-4-8-13-28/h3-19,24,32H,20-23H2,1-2H3,(H,38,42). The number of nitrogens with one attached hydrogen (secondary N) is 1. The van der Waals surface area contributed by atoms with Gasteiger partial charge in [0.05, 0.1) is 10.6 Å². The molecule has 4 aromatic rings. The molecule has 7 nitrogen and oxygen atoms in total. The minimum absolute atomic E-state index is 0.0571. The molecule has 0 spiro atoms. The number of halogens is 3. The molecule has 4 rings (SSSR count). The Morgan fingerprint density at radius 3 is 1.98 bits per heavy atom. The maximum absolute atomic E-state index is 14.5. The summed E-state index contributed by atoms with van der Waals surface area (Å²) in [6, 6.07) is 25.5. The van der Waals surface area contributed by atoms with Crippen molar-refractivity contribution in [2.24, 2.45) is 5.92 Å². The van der Waals surface area contributed by atoms with Crippen LogP contribution in [0.15, 0.2) is 108 Å². The molecule has 236 valence electrons. The van der Waals surface area contributed by atoms with Crippen molar-refractivity contribution >= 4 is 50.7 Å². The molecule has 0 aliphatic rings. The lowest BCUT2D eigenvalue weighted by atomic mass is 10.0. The van der Waals surface area contributed by atoms with E-state index in [0.717, 1.165) is 22.0 Å². The fourth-order valence-electron chi connectivity index (χ4n) is 4.69. The number of carbonyl (C=O) groups excluding carboxylic acids is 2. The van der Waals surface area contributed by atoms with Crippen LogP contribution in [0, 0.1) is 11.7 Å². The molecule has 0 aliphatic heterocycles. The number of anilines is 1. The van der Waals surface area contributed by atoms with Gasteiger partial charge in [0.25, 0.3) is 10.0 Å². The molecule has 11 heteroatoms. The highest BCUT2D eigenvalue weighted by molar-refractivity contribution is 7.92. The Balaban J connectivity index is 1.82. The van der Waals surface area contributed by atoms with E-state index in [0.29, 0.717) is 12.1 Å². The molecule has 0 saturated carbocycles. The van der Waals surface area contributed by atoms with Gasteiger partial charge in [-0.25, -0.2) is 12.8 Å². The molecule has 0 bridgehead atoms. The summed E-state index contributed by atoms with van der Waals surface area (Å²) in [5.41, 5.74) is 1.27. The second-order valence-electron chi connectivity index (χ2n) is 10.9. The molecular weight excluding hydrogens is 636 g/mol. The van der Waals surface area contributed by atoms with Crippen LogP contribution in [-0.4, -0.2) is 44.3 Å². The van der Waals surface area contributed by atoms with Gasteiger partial charge in [0.1, 0.15) is 18.4 Å². The van der Waals surface area contributed by atoms with Crippen LogP contribution in [0.5, 0.6) is 0 Å². The summed E-state index contributed by atoms with van der Waals surface area (Å²) in [5, 5.41) is 3.50. The van der Waals surface area contributed by atoms with Gasteiger partial charge in [0.2, 0.25) is 11.8 Å². The number of nitrogens with zero attached hydrogens (tertiary/aromatic N) is 2. The molecule has 0 radical (unpaired) electrons. The molecule has 0 fully saturated rings. The van der Waals surface area contributed by atoms with E-state index in [9.17, 15) is 22.4 Å². The van der Waals surface area contributed by atoms with Crippen molar-refractivity contribution in [1.82, 2.24) is 10.2 Å². The molecule has 45 heavy (non-hydrogen) atoms. The number of carbonyl (C=O) groups is 2. The summed E-state index contributed by atoms with van der Waals surface area (Å²) in [7, 11) is -4.30. The van der Waals surface area contributed by atoms with Gasteiger partial charge in [-0.2, -0.15) is 0 Å². The van der Waals surface area contributed by atoms with E-state index in [1.807, 2.05) is 44.2 Å². The lowest BCUT2D eigenvalue weighted by Crippen LogP contribution is -2.53. The Morgan fingerprint density at radius 2 is 1.40 bits per heavy atom. The molecule has 1 unspecified atom stereocenters. The molecule has 1 atom stereocenters. The molecule has 0 saturated heterocycles. The van der Waals surface area contributed by atoms with Crippen molar-refractivity contribution in [2.45, 2.75) is 37.8 Å². The summed E-state index contributed by atoms with van der Waals surface area (Å²) in [6.45, 7) is 3.41. The summed E-state index contributed by atoms with van der Waals surface area (Å²) >= 11 is 13.1. The van der Waals surface area contributed by atoms with Crippen LogP contribution in [0.1, 0.15) is 25.0 Å². The molecule has 4 aromatic carbocycles. The number of rotatable bonds is 13. The Hall–Kier alpha value is -3.92. The third-order valence-corrected chi connectivity index (χ3v) is 9.57. The summed E-state index contributed by atoms with van der Waals surface area (Å²) in [6.07, 6.45) is 0.139. The Kier molecular flexibility index (Phi) is 11.6. The maximum Gasteiger partial charge on any atom is 0.264 e. The topological polar surface area (TPSA) is 86.8 Å². The zero-order valence-electron chi connectivity index (χ0n) is 24.9. The highest BCUT2D eigenvalue weighted by Gasteiger charge is 2.35. The summed E-state index contributed by atoms with van der Waals surface area (Å²) in [5.74, 6) is -1.53. The molecule has 0 aliphatic carbocycles. The smallest absolute Gasteiger partial charge is 0.264 e. The predicted molar refractivity (Wildman–Crippen MR) is 176 cm³/mol. The molecule has 2 amide bonds. The lowest BCUT2D eigenvalue weighted by Gasteiger charge is -2.34. The van der Waals surface area contributed by atoms with E-state index in [4.69, 9.17) is 23.2 Å². The van der Waals surface area contributed by atoms with E-state index in [-0.39, 0.29) is 39.5 Å². The quantitative estimate of drug-likeness (QED) is 0.171. The highest BCUT2D eigenvalue weighted by Crippen LogP contribution is 2.29. The SMILES string of the molecule is CC(C)CNC(=O)C(Cc1ccccc1)N(Cc1c(Cl)cccc1Cl)C(=O)CN(c1ccc(F)cc1)S(=O)(=O)c1ccccc1. The first-order valence-corrected chi connectivity index (χ1v) is 16.5. The highest BCUT2D eigenvalue weighted by atomic mass is 35.5. The fraction of sp³-hybridized carbons (Fsp3) is 0.235. The van der Waals surface area contributed by atoms with Crippen molar-refractivity contribution in [1.29, 1.82) is 0 Å². The van der Waals surface area contributed by atoms with Crippen molar-refractivity contribution in [3.8, 4) is 0 Å². The van der Waals surface area contributed by atoms with Gasteiger partial charge >= 0.3 is 0 Å². The summed E-state index contributed by atoms with van der Waals surface area (Å²) in [4.78, 5) is 29.5. The second-order valence-corrected chi connectivity index (χ2v) is 13.5. The van der Waals surface area contributed by atoms with Gasteiger partial charge in [0, 0.05) is 35.1 Å². The van der Waals surface area contributed by atoms with Gasteiger partial charge in [-0.3, -0.25) is 13.9 Å². The van der Waals surface area contributed by atoms with Gasteiger partial charge in [-0.15, -0.1) is 0 Å². The van der Waals surface area contributed by atoms with Gasteiger partial charge < -0.3 is 10.2 Å². The molecular formula is C34H34Cl2FN3O4S. The predicted octanol–water partition coefficient (Wildman–Crippen LogP) is 6.74. The van der Waals surface area contributed by atoms with Crippen LogP contribution < -0.4 is 9.62 Å². The minimum Gasteiger partial charge on any atom is -0.354 e. The average molecular weight is 671 g/mol. The Morgan fingerprint density at radius 1 is 0.822 bits per heavy atom. The van der Waals surface area contributed by atoms with E-state index in [1.54, 1.807) is 36.4 Å². The molecule has 1 N–H and O–H groups in total. The van der Waals surface area contributed by atoms with Crippen LogP contribution in [0.2, 0.25) is 10.0 Å². The van der Waals surface area contributed by atoms with Crippen LogP contribution in [-0.2, 0) is 32.6 Å². The van der Waals surface area contributed by atoms with Gasteiger partial charge in [0.15, 0.2) is 0 Å². The van der Waals surface area contributed by atoms with E-state index >= 15 is 0 Å². The van der Waals surface area contributed by atoms with E-state index < -0.39 is 40.2 Å². The van der Waals surface area contributed by atoms with Crippen LogP contribution in [0.3, 0.4) is 0 Å². The van der Waals surface area contributed by atoms with Crippen LogP contribution in [0.4, 0.5) is 10.1 Å². The van der Waals surface area contributed by atoms with E-state index in [2.05, 4.69) is 5.32 Å². The Bertz CT molecular complexity index is 1690. The van der Waals surface area contributed by atoms with Gasteiger partial charge in [-0.1, -0.05) is 91.6 Å². The maximum atomic E-state index is 14.5. The minimum atomic E-state index is -4.30. The van der Waals surface area contributed by atoms with Crippen molar-refractivity contribution in [2.75, 3.05) is 17.4 Å². The zero-order chi connectivity index (χ0) is 32.6. The third kappa shape index (κ3) is 8.84. The summed E-state index contributed by atoms with van der Waals surface area (Å²) < 4.78 is 42.7. The number of hydrogen-bond donors (Lipinski definition) is 1. The average Bonchev–Trinajstić information content (AvgIpc) is 3.03. The van der Waals surface area contributed by atoms with Crippen molar-refractivity contribution < 1.29 is 22.4 Å². The normalized spacial score (nSPS) is 12.0. The number of benzene rings is 4. The van der Waals surface area contributed by atoms with Crippen LogP contribution in [0.25, 0.3) is 0 Å². The first-order valence-electron chi connectivity index (χ1n) is 14.3. The van der Waals surface area contributed by atoms with Crippen LogP contribution >= 0.6 is 23.2 Å².